The molecule has 2 bridgehead atoms. The second-order valence-corrected chi connectivity index (χ2v) is 6.75. The van der Waals surface area contributed by atoms with Crippen LogP contribution in [0.3, 0.4) is 0 Å². The van der Waals surface area contributed by atoms with Crippen LogP contribution in [0.5, 0.6) is 0 Å². The first-order valence-electron chi connectivity index (χ1n) is 8.03. The van der Waals surface area contributed by atoms with Crippen LogP contribution in [0.4, 0.5) is 0 Å². The van der Waals surface area contributed by atoms with Crippen LogP contribution in [0.15, 0.2) is 24.5 Å². The SMILES string of the molecule is O=C(C1CC2CCC1C2)N1CCCC1c1ccncc1. The van der Waals surface area contributed by atoms with Crippen molar-refractivity contribution in [3.8, 4) is 0 Å². The van der Waals surface area contributed by atoms with Crippen LogP contribution in [-0.2, 0) is 4.79 Å². The quantitative estimate of drug-likeness (QED) is 0.827. The standard InChI is InChI=1S/C17H22N2O/c20-17(15-11-12-3-4-14(15)10-12)19-9-1-2-16(19)13-5-7-18-8-6-13/h5-8,12,14-16H,1-4,9-11H2. The highest BCUT2D eigenvalue weighted by molar-refractivity contribution is 5.80. The molecule has 0 radical (unpaired) electrons. The van der Waals surface area contributed by atoms with Gasteiger partial charge in [0.25, 0.3) is 0 Å². The highest BCUT2D eigenvalue weighted by atomic mass is 16.2. The molecule has 2 saturated carbocycles. The Kier molecular flexibility index (Phi) is 3.01. The van der Waals surface area contributed by atoms with Gasteiger partial charge < -0.3 is 4.90 Å². The summed E-state index contributed by atoms with van der Waals surface area (Å²) < 4.78 is 0. The molecule has 3 fully saturated rings. The van der Waals surface area contributed by atoms with E-state index in [2.05, 4.69) is 22.0 Å². The van der Waals surface area contributed by atoms with Gasteiger partial charge >= 0.3 is 0 Å². The van der Waals surface area contributed by atoms with Gasteiger partial charge in [-0.15, -0.1) is 0 Å². The van der Waals surface area contributed by atoms with Crippen LogP contribution < -0.4 is 0 Å². The van der Waals surface area contributed by atoms with Crippen LogP contribution in [-0.4, -0.2) is 22.3 Å². The number of fused-ring (bicyclic) bond motifs is 2. The summed E-state index contributed by atoms with van der Waals surface area (Å²) in [5, 5.41) is 0. The van der Waals surface area contributed by atoms with E-state index >= 15 is 0 Å². The number of amides is 1. The first-order chi connectivity index (χ1) is 9.83. The van der Waals surface area contributed by atoms with Gasteiger partial charge in [-0.25, -0.2) is 0 Å². The molecular weight excluding hydrogens is 248 g/mol. The summed E-state index contributed by atoms with van der Waals surface area (Å²) in [5.41, 5.74) is 1.26. The molecule has 3 heteroatoms. The van der Waals surface area contributed by atoms with Gasteiger partial charge in [-0.3, -0.25) is 9.78 Å². The summed E-state index contributed by atoms with van der Waals surface area (Å²) in [6.45, 7) is 0.944. The number of carbonyl (C=O) groups is 1. The van der Waals surface area contributed by atoms with Gasteiger partial charge in [0.15, 0.2) is 0 Å². The molecule has 1 saturated heterocycles. The number of likely N-dealkylation sites (tertiary alicyclic amines) is 1. The minimum Gasteiger partial charge on any atom is -0.335 e. The number of hydrogen-bond acceptors (Lipinski definition) is 2. The Morgan fingerprint density at radius 1 is 1.15 bits per heavy atom. The van der Waals surface area contributed by atoms with E-state index < -0.39 is 0 Å². The average Bonchev–Trinajstić information content (AvgIpc) is 3.23. The van der Waals surface area contributed by atoms with E-state index in [0.29, 0.717) is 23.8 Å². The lowest BCUT2D eigenvalue weighted by molar-refractivity contribution is -0.138. The highest BCUT2D eigenvalue weighted by Crippen LogP contribution is 2.50. The van der Waals surface area contributed by atoms with E-state index in [1.54, 1.807) is 0 Å². The van der Waals surface area contributed by atoms with Crippen molar-refractivity contribution >= 4 is 5.91 Å². The predicted octanol–water partition coefficient (Wildman–Crippen LogP) is 3.18. The van der Waals surface area contributed by atoms with Crippen molar-refractivity contribution < 1.29 is 4.79 Å². The molecule has 0 spiro atoms. The third-order valence-electron chi connectivity index (χ3n) is 5.68. The summed E-state index contributed by atoms with van der Waals surface area (Å²) in [6, 6.07) is 4.43. The molecule has 1 aromatic heterocycles. The smallest absolute Gasteiger partial charge is 0.226 e. The maximum Gasteiger partial charge on any atom is 0.226 e. The summed E-state index contributed by atoms with van der Waals surface area (Å²) in [6.07, 6.45) is 11.0. The van der Waals surface area contributed by atoms with Gasteiger partial charge in [-0.05, 0) is 61.6 Å². The Bertz CT molecular complexity index is 501. The fraction of sp³-hybridized carbons (Fsp3) is 0.647. The molecule has 3 nitrogen and oxygen atoms in total. The molecule has 2 heterocycles. The molecule has 3 aliphatic rings. The van der Waals surface area contributed by atoms with Crippen molar-refractivity contribution in [3.05, 3.63) is 30.1 Å². The van der Waals surface area contributed by atoms with E-state index in [1.165, 1.54) is 24.8 Å². The molecule has 1 amide bonds. The van der Waals surface area contributed by atoms with Gasteiger partial charge in [-0.2, -0.15) is 0 Å². The maximum atomic E-state index is 12.9. The molecule has 4 unspecified atom stereocenters. The fourth-order valence-corrected chi connectivity index (χ4v) is 4.72. The lowest BCUT2D eigenvalue weighted by Crippen LogP contribution is -2.37. The minimum absolute atomic E-state index is 0.296. The second-order valence-electron chi connectivity index (χ2n) is 6.75. The van der Waals surface area contributed by atoms with Crippen LogP contribution in [0.2, 0.25) is 0 Å². The Morgan fingerprint density at radius 2 is 2.00 bits per heavy atom. The summed E-state index contributed by atoms with van der Waals surface area (Å²) in [7, 11) is 0. The Balaban J connectivity index is 1.54. The van der Waals surface area contributed by atoms with Gasteiger partial charge in [-0.1, -0.05) is 6.42 Å². The zero-order valence-electron chi connectivity index (χ0n) is 11.9. The van der Waals surface area contributed by atoms with Crippen LogP contribution in [0, 0.1) is 17.8 Å². The van der Waals surface area contributed by atoms with Gasteiger partial charge in [0.05, 0.1) is 6.04 Å². The molecule has 20 heavy (non-hydrogen) atoms. The molecule has 0 aromatic carbocycles. The van der Waals surface area contributed by atoms with Gasteiger partial charge in [0, 0.05) is 24.9 Å². The van der Waals surface area contributed by atoms with Gasteiger partial charge in [0.2, 0.25) is 5.91 Å². The van der Waals surface area contributed by atoms with Crippen molar-refractivity contribution in [2.75, 3.05) is 6.54 Å². The van der Waals surface area contributed by atoms with Crippen LogP contribution in [0.25, 0.3) is 0 Å². The average molecular weight is 270 g/mol. The Hall–Kier alpha value is -1.38. The molecule has 4 atom stereocenters. The number of aromatic nitrogens is 1. The second kappa shape index (κ2) is 4.87. The number of rotatable bonds is 2. The largest absolute Gasteiger partial charge is 0.335 e. The monoisotopic (exact) mass is 270 g/mol. The zero-order valence-corrected chi connectivity index (χ0v) is 11.9. The van der Waals surface area contributed by atoms with E-state index in [0.717, 1.165) is 31.7 Å². The third kappa shape index (κ3) is 1.95. The number of carbonyl (C=O) groups excluding carboxylic acids is 1. The van der Waals surface area contributed by atoms with E-state index in [4.69, 9.17) is 0 Å². The van der Waals surface area contributed by atoms with Crippen LogP contribution >= 0.6 is 0 Å². The zero-order chi connectivity index (χ0) is 13.5. The van der Waals surface area contributed by atoms with Crippen molar-refractivity contribution in [1.29, 1.82) is 0 Å². The summed E-state index contributed by atoms with van der Waals surface area (Å²) >= 11 is 0. The van der Waals surface area contributed by atoms with E-state index in [9.17, 15) is 4.79 Å². The minimum atomic E-state index is 0.296. The lowest BCUT2D eigenvalue weighted by Gasteiger charge is -2.31. The van der Waals surface area contributed by atoms with E-state index in [1.807, 2.05) is 12.4 Å². The molecule has 106 valence electrons. The molecule has 1 aromatic rings. The maximum absolute atomic E-state index is 12.9. The summed E-state index contributed by atoms with van der Waals surface area (Å²) in [4.78, 5) is 19.2. The van der Waals surface area contributed by atoms with Crippen molar-refractivity contribution in [1.82, 2.24) is 9.88 Å². The predicted molar refractivity (Wildman–Crippen MR) is 76.9 cm³/mol. The third-order valence-corrected chi connectivity index (χ3v) is 5.68. The molecular formula is C17H22N2O. The number of nitrogens with zero attached hydrogens (tertiary/aromatic N) is 2. The highest BCUT2D eigenvalue weighted by Gasteiger charge is 2.46. The van der Waals surface area contributed by atoms with Crippen molar-refractivity contribution in [2.45, 2.75) is 44.6 Å². The molecule has 1 aliphatic heterocycles. The van der Waals surface area contributed by atoms with E-state index in [-0.39, 0.29) is 0 Å². The van der Waals surface area contributed by atoms with Crippen LogP contribution in [0.1, 0.15) is 50.1 Å². The number of hydrogen-bond donors (Lipinski definition) is 0. The topological polar surface area (TPSA) is 33.2 Å². The number of pyridine rings is 1. The Labute approximate surface area is 120 Å². The molecule has 2 aliphatic carbocycles. The van der Waals surface area contributed by atoms with Gasteiger partial charge in [0.1, 0.15) is 0 Å². The molecule has 0 N–H and O–H groups in total. The first kappa shape index (κ1) is 12.4. The Morgan fingerprint density at radius 3 is 2.70 bits per heavy atom. The first-order valence-corrected chi connectivity index (χ1v) is 8.03. The molecule has 4 rings (SSSR count). The normalized spacial score (nSPS) is 35.7. The summed E-state index contributed by atoms with van der Waals surface area (Å²) in [5.74, 6) is 2.30. The van der Waals surface area contributed by atoms with Crippen molar-refractivity contribution in [2.24, 2.45) is 17.8 Å². The fourth-order valence-electron chi connectivity index (χ4n) is 4.72. The van der Waals surface area contributed by atoms with Crippen molar-refractivity contribution in [3.63, 3.8) is 0 Å². The lowest BCUT2D eigenvalue weighted by atomic mass is 9.87.